The average molecular weight is 124 g/mol. The fourth-order valence-electron chi connectivity index (χ4n) is 1.21. The van der Waals surface area contributed by atoms with E-state index in [4.69, 9.17) is 5.26 Å². The Hall–Kier alpha value is -0.550. The van der Waals surface area contributed by atoms with Crippen molar-refractivity contribution in [1.82, 2.24) is 5.32 Å². The zero-order valence-corrected chi connectivity index (χ0v) is 5.72. The standard InChI is InChI=1S/C7H12N2/c1-6-2-3-9-7(4-6)5-8/h6-7,9H,2-4H2,1H3/t6-,7-/m1/s1. The average Bonchev–Trinajstić information content (AvgIpc) is 1.88. The molecule has 1 fully saturated rings. The molecule has 1 N–H and O–H groups in total. The summed E-state index contributed by atoms with van der Waals surface area (Å²) in [6.45, 7) is 3.21. The summed E-state index contributed by atoms with van der Waals surface area (Å²) < 4.78 is 0. The van der Waals surface area contributed by atoms with E-state index in [-0.39, 0.29) is 6.04 Å². The molecule has 0 unspecified atom stereocenters. The molecule has 50 valence electrons. The topological polar surface area (TPSA) is 35.8 Å². The van der Waals surface area contributed by atoms with E-state index in [1.807, 2.05) is 0 Å². The third kappa shape index (κ3) is 1.69. The van der Waals surface area contributed by atoms with Crippen LogP contribution in [0.4, 0.5) is 0 Å². The second-order valence-corrected chi connectivity index (χ2v) is 2.77. The van der Waals surface area contributed by atoms with Crippen LogP contribution in [0.3, 0.4) is 0 Å². The molecule has 0 bridgehead atoms. The zero-order chi connectivity index (χ0) is 6.69. The predicted molar refractivity (Wildman–Crippen MR) is 35.8 cm³/mol. The Labute approximate surface area is 55.9 Å². The molecule has 1 heterocycles. The number of rotatable bonds is 0. The normalized spacial score (nSPS) is 35.6. The van der Waals surface area contributed by atoms with Crippen molar-refractivity contribution in [3.05, 3.63) is 0 Å². The van der Waals surface area contributed by atoms with Gasteiger partial charge in [-0.3, -0.25) is 0 Å². The SMILES string of the molecule is C[C@@H]1CCN[C@@H](C#N)C1. The van der Waals surface area contributed by atoms with Gasteiger partial charge in [0.1, 0.15) is 0 Å². The number of hydrogen-bond donors (Lipinski definition) is 1. The summed E-state index contributed by atoms with van der Waals surface area (Å²) in [6, 6.07) is 2.34. The molecule has 0 aromatic carbocycles. The van der Waals surface area contributed by atoms with E-state index in [0.717, 1.165) is 18.9 Å². The van der Waals surface area contributed by atoms with Gasteiger partial charge in [0.25, 0.3) is 0 Å². The van der Waals surface area contributed by atoms with Gasteiger partial charge in [-0.05, 0) is 25.3 Å². The lowest BCUT2D eigenvalue weighted by Crippen LogP contribution is -2.35. The summed E-state index contributed by atoms with van der Waals surface area (Å²) in [7, 11) is 0. The van der Waals surface area contributed by atoms with Gasteiger partial charge in [-0.2, -0.15) is 5.26 Å². The minimum absolute atomic E-state index is 0.119. The number of piperidine rings is 1. The highest BCUT2D eigenvalue weighted by atomic mass is 14.9. The van der Waals surface area contributed by atoms with Crippen molar-refractivity contribution in [2.75, 3.05) is 6.54 Å². The van der Waals surface area contributed by atoms with E-state index in [2.05, 4.69) is 18.3 Å². The van der Waals surface area contributed by atoms with Crippen LogP contribution in [0.2, 0.25) is 0 Å². The van der Waals surface area contributed by atoms with Gasteiger partial charge < -0.3 is 5.32 Å². The van der Waals surface area contributed by atoms with Gasteiger partial charge in [-0.1, -0.05) is 6.92 Å². The van der Waals surface area contributed by atoms with Crippen LogP contribution in [-0.4, -0.2) is 12.6 Å². The van der Waals surface area contributed by atoms with E-state index < -0.39 is 0 Å². The third-order valence-corrected chi connectivity index (χ3v) is 1.82. The molecule has 1 aliphatic rings. The highest BCUT2D eigenvalue weighted by Gasteiger charge is 2.16. The van der Waals surface area contributed by atoms with Crippen molar-refractivity contribution in [2.45, 2.75) is 25.8 Å². The summed E-state index contributed by atoms with van der Waals surface area (Å²) in [4.78, 5) is 0. The van der Waals surface area contributed by atoms with Crippen molar-refractivity contribution in [3.63, 3.8) is 0 Å². The lowest BCUT2D eigenvalue weighted by molar-refractivity contribution is 0.361. The van der Waals surface area contributed by atoms with Crippen molar-refractivity contribution >= 4 is 0 Å². The van der Waals surface area contributed by atoms with E-state index >= 15 is 0 Å². The van der Waals surface area contributed by atoms with Gasteiger partial charge in [0.15, 0.2) is 0 Å². The van der Waals surface area contributed by atoms with Crippen molar-refractivity contribution in [1.29, 1.82) is 5.26 Å². The molecule has 0 spiro atoms. The highest BCUT2D eigenvalue weighted by molar-refractivity contribution is 4.93. The van der Waals surface area contributed by atoms with Crippen molar-refractivity contribution < 1.29 is 0 Å². The zero-order valence-electron chi connectivity index (χ0n) is 5.72. The van der Waals surface area contributed by atoms with Crippen LogP contribution in [-0.2, 0) is 0 Å². The molecule has 0 aromatic rings. The van der Waals surface area contributed by atoms with Gasteiger partial charge in [0, 0.05) is 0 Å². The largest absolute Gasteiger partial charge is 0.302 e. The summed E-state index contributed by atoms with van der Waals surface area (Å²) in [5.41, 5.74) is 0. The lowest BCUT2D eigenvalue weighted by atomic mass is 9.95. The van der Waals surface area contributed by atoms with Gasteiger partial charge in [0.2, 0.25) is 0 Å². The van der Waals surface area contributed by atoms with Gasteiger partial charge in [0.05, 0.1) is 12.1 Å². The molecule has 2 nitrogen and oxygen atoms in total. The third-order valence-electron chi connectivity index (χ3n) is 1.82. The van der Waals surface area contributed by atoms with Crippen molar-refractivity contribution in [3.8, 4) is 6.07 Å². The molecule has 1 rings (SSSR count). The predicted octanol–water partition coefficient (Wildman–Crippen LogP) is 0.898. The molecule has 0 aliphatic carbocycles. The van der Waals surface area contributed by atoms with Gasteiger partial charge in [-0.15, -0.1) is 0 Å². The molecule has 0 radical (unpaired) electrons. The maximum Gasteiger partial charge on any atom is 0.0955 e. The van der Waals surface area contributed by atoms with Gasteiger partial charge >= 0.3 is 0 Å². The Kier molecular flexibility index (Phi) is 2.07. The fraction of sp³-hybridized carbons (Fsp3) is 0.857. The Balaban J connectivity index is 2.34. The molecule has 2 heteroatoms. The van der Waals surface area contributed by atoms with Crippen LogP contribution in [0.25, 0.3) is 0 Å². The lowest BCUT2D eigenvalue weighted by Gasteiger charge is -2.22. The summed E-state index contributed by atoms with van der Waals surface area (Å²) in [6.07, 6.45) is 2.24. The molecule has 0 amide bonds. The Morgan fingerprint density at radius 3 is 2.89 bits per heavy atom. The van der Waals surface area contributed by atoms with Crippen LogP contribution in [0.1, 0.15) is 19.8 Å². The smallest absolute Gasteiger partial charge is 0.0955 e. The minimum Gasteiger partial charge on any atom is -0.302 e. The first kappa shape index (κ1) is 6.57. The molecule has 0 saturated carbocycles. The monoisotopic (exact) mass is 124 g/mol. The first-order chi connectivity index (χ1) is 4.33. The van der Waals surface area contributed by atoms with Crippen molar-refractivity contribution in [2.24, 2.45) is 5.92 Å². The van der Waals surface area contributed by atoms with Crippen LogP contribution in [0.5, 0.6) is 0 Å². The Bertz CT molecular complexity index is 125. The molecule has 2 atom stereocenters. The highest BCUT2D eigenvalue weighted by Crippen LogP contribution is 2.13. The molecule has 0 aromatic heterocycles. The minimum atomic E-state index is 0.119. The maximum absolute atomic E-state index is 8.50. The quantitative estimate of drug-likeness (QED) is 0.520. The van der Waals surface area contributed by atoms with E-state index in [0.29, 0.717) is 0 Å². The Morgan fingerprint density at radius 1 is 1.67 bits per heavy atom. The molecule has 1 aliphatic heterocycles. The van der Waals surface area contributed by atoms with Crippen LogP contribution in [0, 0.1) is 17.2 Å². The molecule has 1 saturated heterocycles. The molecular formula is C7H12N2. The Morgan fingerprint density at radius 2 is 2.44 bits per heavy atom. The van der Waals surface area contributed by atoms with Crippen LogP contribution in [0.15, 0.2) is 0 Å². The molecular weight excluding hydrogens is 112 g/mol. The second-order valence-electron chi connectivity index (χ2n) is 2.77. The molecule has 9 heavy (non-hydrogen) atoms. The number of nitriles is 1. The van der Waals surface area contributed by atoms with E-state index in [9.17, 15) is 0 Å². The van der Waals surface area contributed by atoms with Crippen LogP contribution < -0.4 is 5.32 Å². The number of hydrogen-bond acceptors (Lipinski definition) is 2. The summed E-state index contributed by atoms with van der Waals surface area (Å²) >= 11 is 0. The number of nitrogens with zero attached hydrogens (tertiary/aromatic N) is 1. The maximum atomic E-state index is 8.50. The van der Waals surface area contributed by atoms with Crippen LogP contribution >= 0.6 is 0 Å². The van der Waals surface area contributed by atoms with E-state index in [1.165, 1.54) is 6.42 Å². The number of nitrogens with one attached hydrogen (secondary N) is 1. The fourth-order valence-corrected chi connectivity index (χ4v) is 1.21. The summed E-state index contributed by atoms with van der Waals surface area (Å²) in [5.74, 6) is 0.732. The first-order valence-corrected chi connectivity index (χ1v) is 3.46. The van der Waals surface area contributed by atoms with Gasteiger partial charge in [-0.25, -0.2) is 0 Å². The summed E-state index contributed by atoms with van der Waals surface area (Å²) in [5, 5.41) is 11.6. The first-order valence-electron chi connectivity index (χ1n) is 3.46. The van der Waals surface area contributed by atoms with E-state index in [1.54, 1.807) is 0 Å². The second kappa shape index (κ2) is 2.84.